The second kappa shape index (κ2) is 5.75. The normalized spacial score (nSPS) is 12.3. The molecular weight excluding hydrogens is 292 g/mol. The van der Waals surface area contributed by atoms with E-state index in [1.807, 2.05) is 13.8 Å². The number of aromatic nitrogens is 1. The van der Waals surface area contributed by atoms with Crippen molar-refractivity contribution >= 4 is 26.0 Å². The van der Waals surface area contributed by atoms with Crippen LogP contribution in [0, 0.1) is 0 Å². The average Bonchev–Trinajstić information content (AvgIpc) is 2.26. The summed E-state index contributed by atoms with van der Waals surface area (Å²) in [5.74, 6) is 0. The minimum atomic E-state index is -3.42. The number of hydrogen-bond donors (Lipinski definition) is 0. The lowest BCUT2D eigenvalue weighted by Crippen LogP contribution is -2.38. The molecule has 0 aromatic carbocycles. The Kier molecular flexibility index (Phi) is 4.89. The van der Waals surface area contributed by atoms with Crippen LogP contribution < -0.4 is 0 Å². The molecule has 0 radical (unpaired) electrons. The summed E-state index contributed by atoms with van der Waals surface area (Å²) in [5, 5.41) is 0.616. The van der Waals surface area contributed by atoms with E-state index < -0.39 is 10.0 Å². The van der Waals surface area contributed by atoms with Gasteiger partial charge < -0.3 is 0 Å². The van der Waals surface area contributed by atoms with Crippen LogP contribution >= 0.6 is 15.9 Å². The van der Waals surface area contributed by atoms with E-state index in [4.69, 9.17) is 0 Å². The first-order valence-electron chi connectivity index (χ1n) is 4.98. The molecule has 0 unspecified atom stereocenters. The van der Waals surface area contributed by atoms with E-state index in [0.29, 0.717) is 11.9 Å². The number of rotatable bonds is 5. The molecule has 1 rings (SSSR count). The van der Waals surface area contributed by atoms with Crippen LogP contribution in [-0.4, -0.2) is 35.6 Å². The summed E-state index contributed by atoms with van der Waals surface area (Å²) in [5.41, 5.74) is 0. The predicted molar refractivity (Wildman–Crippen MR) is 67.1 cm³/mol. The largest absolute Gasteiger partial charge is 0.263 e. The van der Waals surface area contributed by atoms with E-state index in [9.17, 15) is 8.42 Å². The first-order valence-corrected chi connectivity index (χ1v) is 7.54. The Balaban J connectivity index is 3.09. The van der Waals surface area contributed by atoms with Crippen molar-refractivity contribution in [1.82, 2.24) is 9.29 Å². The number of nitrogens with zero attached hydrogens (tertiary/aromatic N) is 2. The molecule has 16 heavy (non-hydrogen) atoms. The first-order chi connectivity index (χ1) is 7.50. The average molecular weight is 307 g/mol. The van der Waals surface area contributed by atoms with Crippen LogP contribution in [0.3, 0.4) is 0 Å². The fourth-order valence-corrected chi connectivity index (χ4v) is 3.59. The van der Waals surface area contributed by atoms with Gasteiger partial charge >= 0.3 is 0 Å². The lowest BCUT2D eigenvalue weighted by atomic mass is 10.4. The van der Waals surface area contributed by atoms with Crippen molar-refractivity contribution in [2.45, 2.75) is 24.8 Å². The van der Waals surface area contributed by atoms with Crippen LogP contribution in [0.5, 0.6) is 0 Å². The highest BCUT2D eigenvalue weighted by Gasteiger charge is 2.26. The van der Waals surface area contributed by atoms with Crippen LogP contribution in [-0.2, 0) is 10.0 Å². The van der Waals surface area contributed by atoms with Crippen LogP contribution in [0.4, 0.5) is 0 Å². The Morgan fingerprint density at radius 1 is 1.50 bits per heavy atom. The van der Waals surface area contributed by atoms with Crippen molar-refractivity contribution in [2.75, 3.05) is 11.9 Å². The first kappa shape index (κ1) is 13.6. The summed E-state index contributed by atoms with van der Waals surface area (Å²) in [6.45, 7) is 4.17. The summed E-state index contributed by atoms with van der Waals surface area (Å²) in [6.07, 6.45) is 2.93. The summed E-state index contributed by atoms with van der Waals surface area (Å²) in [6, 6.07) is 3.12. The van der Waals surface area contributed by atoms with Crippen LogP contribution in [0.1, 0.15) is 13.8 Å². The molecule has 0 aliphatic heterocycles. The maximum atomic E-state index is 12.2. The number of halogens is 1. The van der Waals surface area contributed by atoms with Crippen molar-refractivity contribution in [3.8, 4) is 0 Å². The summed E-state index contributed by atoms with van der Waals surface area (Å²) in [7, 11) is -3.42. The molecular formula is C10H15BrN2O2S. The van der Waals surface area contributed by atoms with E-state index in [2.05, 4.69) is 20.9 Å². The third-order valence-electron chi connectivity index (χ3n) is 2.12. The maximum absolute atomic E-state index is 12.2. The molecule has 0 aliphatic carbocycles. The van der Waals surface area contributed by atoms with Crippen molar-refractivity contribution in [2.24, 2.45) is 0 Å². The molecule has 1 aromatic heterocycles. The van der Waals surface area contributed by atoms with E-state index in [1.165, 1.54) is 10.5 Å². The van der Waals surface area contributed by atoms with Gasteiger partial charge in [-0.2, -0.15) is 4.31 Å². The van der Waals surface area contributed by atoms with Crippen LogP contribution in [0.2, 0.25) is 0 Å². The molecule has 6 heteroatoms. The van der Waals surface area contributed by atoms with E-state index in [1.54, 1.807) is 18.3 Å². The molecule has 0 saturated heterocycles. The number of sulfonamides is 1. The molecule has 0 amide bonds. The number of alkyl halides is 1. The van der Waals surface area contributed by atoms with Crippen LogP contribution in [0.15, 0.2) is 29.4 Å². The van der Waals surface area contributed by atoms with Gasteiger partial charge in [-0.05, 0) is 26.0 Å². The van der Waals surface area contributed by atoms with E-state index in [0.717, 1.165) is 0 Å². The zero-order valence-corrected chi connectivity index (χ0v) is 11.7. The molecule has 0 atom stereocenters. The second-order valence-electron chi connectivity index (χ2n) is 3.59. The SMILES string of the molecule is CC(C)N(CCBr)S(=O)(=O)c1cccnc1. The molecule has 0 aliphatic rings. The third-order valence-corrected chi connectivity index (χ3v) is 4.54. The Morgan fingerprint density at radius 2 is 2.19 bits per heavy atom. The highest BCUT2D eigenvalue weighted by molar-refractivity contribution is 9.09. The fourth-order valence-electron chi connectivity index (χ4n) is 1.37. The van der Waals surface area contributed by atoms with Crippen LogP contribution in [0.25, 0.3) is 0 Å². The Labute approximate surface area is 105 Å². The monoisotopic (exact) mass is 306 g/mol. The topological polar surface area (TPSA) is 50.3 Å². The van der Waals surface area contributed by atoms with Crippen molar-refractivity contribution in [1.29, 1.82) is 0 Å². The number of hydrogen-bond acceptors (Lipinski definition) is 3. The lowest BCUT2D eigenvalue weighted by molar-refractivity contribution is 0.372. The molecule has 0 fully saturated rings. The fraction of sp³-hybridized carbons (Fsp3) is 0.500. The Morgan fingerprint density at radius 3 is 2.62 bits per heavy atom. The quantitative estimate of drug-likeness (QED) is 0.780. The van der Waals surface area contributed by atoms with Gasteiger partial charge in [-0.15, -0.1) is 0 Å². The van der Waals surface area contributed by atoms with Gasteiger partial charge in [0.2, 0.25) is 10.0 Å². The molecule has 90 valence electrons. The number of pyridine rings is 1. The Bertz CT molecular complexity index is 420. The van der Waals surface area contributed by atoms with Gasteiger partial charge in [0, 0.05) is 30.3 Å². The lowest BCUT2D eigenvalue weighted by Gasteiger charge is -2.24. The van der Waals surface area contributed by atoms with Crippen molar-refractivity contribution in [3.63, 3.8) is 0 Å². The third kappa shape index (κ3) is 3.02. The van der Waals surface area contributed by atoms with Gasteiger partial charge in [0.05, 0.1) is 0 Å². The standard InChI is InChI=1S/C10H15BrN2O2S/c1-9(2)13(7-5-11)16(14,15)10-4-3-6-12-8-10/h3-4,6,8-9H,5,7H2,1-2H3. The van der Waals surface area contributed by atoms with E-state index >= 15 is 0 Å². The van der Waals surface area contributed by atoms with Crippen molar-refractivity contribution in [3.05, 3.63) is 24.5 Å². The predicted octanol–water partition coefficient (Wildman–Crippen LogP) is 1.88. The van der Waals surface area contributed by atoms with Gasteiger partial charge in [0.15, 0.2) is 0 Å². The molecule has 0 saturated carbocycles. The highest BCUT2D eigenvalue weighted by atomic mass is 79.9. The molecule has 1 aromatic rings. The zero-order valence-electron chi connectivity index (χ0n) is 9.30. The molecule has 4 nitrogen and oxygen atoms in total. The van der Waals surface area contributed by atoms with E-state index in [-0.39, 0.29) is 10.9 Å². The van der Waals surface area contributed by atoms with Crippen molar-refractivity contribution < 1.29 is 8.42 Å². The van der Waals surface area contributed by atoms with Gasteiger partial charge in [-0.25, -0.2) is 8.42 Å². The molecule has 0 bridgehead atoms. The summed E-state index contributed by atoms with van der Waals surface area (Å²) >= 11 is 3.26. The second-order valence-corrected chi connectivity index (χ2v) is 6.27. The van der Waals surface area contributed by atoms with Gasteiger partial charge in [0.1, 0.15) is 4.90 Å². The minimum absolute atomic E-state index is 0.0669. The smallest absolute Gasteiger partial charge is 0.244 e. The molecule has 0 N–H and O–H groups in total. The molecule has 0 spiro atoms. The highest BCUT2D eigenvalue weighted by Crippen LogP contribution is 2.16. The zero-order chi connectivity index (χ0) is 12.2. The van der Waals surface area contributed by atoms with Gasteiger partial charge in [-0.3, -0.25) is 4.98 Å². The summed E-state index contributed by atoms with van der Waals surface area (Å²) < 4.78 is 25.9. The molecule has 1 heterocycles. The van der Waals surface area contributed by atoms with Gasteiger partial charge in [-0.1, -0.05) is 15.9 Å². The Hall–Kier alpha value is -0.460. The minimum Gasteiger partial charge on any atom is -0.263 e. The van der Waals surface area contributed by atoms with Gasteiger partial charge in [0.25, 0.3) is 0 Å². The maximum Gasteiger partial charge on any atom is 0.244 e. The summed E-state index contributed by atoms with van der Waals surface area (Å²) in [4.78, 5) is 4.08.